The first-order valence-electron chi connectivity index (χ1n) is 7.20. The minimum atomic E-state index is -0.824. The summed E-state index contributed by atoms with van der Waals surface area (Å²) in [6.45, 7) is 0.358. The van der Waals surface area contributed by atoms with E-state index >= 15 is 0 Å². The van der Waals surface area contributed by atoms with Gasteiger partial charge >= 0.3 is 5.97 Å². The summed E-state index contributed by atoms with van der Waals surface area (Å²) in [7, 11) is 0. The number of carboxylic acid groups (broad SMARTS) is 1. The summed E-state index contributed by atoms with van der Waals surface area (Å²) < 4.78 is 0. The minimum absolute atomic E-state index is 0.0822. The van der Waals surface area contributed by atoms with Crippen LogP contribution in [0.15, 0.2) is 23.1 Å². The molecule has 0 radical (unpaired) electrons. The standard InChI is InChI=1S/C15H20N2O4/c18-12-5-4-11(9-16-12)14(21)17-10-15(8-13(19)20)6-2-1-3-7-15/h4-5,9H,1-3,6-8,10H2,(H,16,18)(H,17,21)(H,19,20). The van der Waals surface area contributed by atoms with Crippen LogP contribution in [0.4, 0.5) is 0 Å². The number of nitrogens with one attached hydrogen (secondary N) is 2. The lowest BCUT2D eigenvalue weighted by Crippen LogP contribution is -2.40. The summed E-state index contributed by atoms with van der Waals surface area (Å²) >= 11 is 0. The molecule has 21 heavy (non-hydrogen) atoms. The van der Waals surface area contributed by atoms with Crippen molar-refractivity contribution in [1.82, 2.24) is 10.3 Å². The van der Waals surface area contributed by atoms with Crippen molar-refractivity contribution in [3.8, 4) is 0 Å². The fourth-order valence-corrected chi connectivity index (χ4v) is 2.96. The Labute approximate surface area is 122 Å². The number of rotatable bonds is 5. The monoisotopic (exact) mass is 292 g/mol. The Balaban J connectivity index is 2.00. The van der Waals surface area contributed by atoms with Gasteiger partial charge in [-0.1, -0.05) is 19.3 Å². The predicted octanol–water partition coefficient (Wildman–Crippen LogP) is 1.53. The van der Waals surface area contributed by atoms with Gasteiger partial charge < -0.3 is 15.4 Å². The quantitative estimate of drug-likeness (QED) is 0.766. The average molecular weight is 292 g/mol. The lowest BCUT2D eigenvalue weighted by molar-refractivity contribution is -0.140. The molecule has 1 saturated carbocycles. The fraction of sp³-hybridized carbons (Fsp3) is 0.533. The van der Waals surface area contributed by atoms with Gasteiger partial charge in [0.25, 0.3) is 5.91 Å². The normalized spacial score (nSPS) is 17.1. The molecule has 1 amide bonds. The van der Waals surface area contributed by atoms with Gasteiger partial charge in [-0.15, -0.1) is 0 Å². The number of hydrogen-bond donors (Lipinski definition) is 3. The van der Waals surface area contributed by atoms with Gasteiger partial charge in [0.1, 0.15) is 0 Å². The lowest BCUT2D eigenvalue weighted by atomic mass is 9.71. The van der Waals surface area contributed by atoms with Crippen molar-refractivity contribution in [2.75, 3.05) is 6.54 Å². The second-order valence-electron chi connectivity index (χ2n) is 5.76. The second kappa shape index (κ2) is 6.56. The Morgan fingerprint density at radius 1 is 1.24 bits per heavy atom. The van der Waals surface area contributed by atoms with Gasteiger partial charge in [0.15, 0.2) is 0 Å². The van der Waals surface area contributed by atoms with Crippen molar-refractivity contribution < 1.29 is 14.7 Å². The zero-order valence-electron chi connectivity index (χ0n) is 11.9. The van der Waals surface area contributed by atoms with Gasteiger partial charge in [0, 0.05) is 18.8 Å². The van der Waals surface area contributed by atoms with Crippen LogP contribution in [-0.2, 0) is 4.79 Å². The van der Waals surface area contributed by atoms with Gasteiger partial charge in [-0.25, -0.2) is 0 Å². The van der Waals surface area contributed by atoms with Crippen LogP contribution in [0.2, 0.25) is 0 Å². The van der Waals surface area contributed by atoms with Gasteiger partial charge in [-0.05, 0) is 24.3 Å². The SMILES string of the molecule is O=C(O)CC1(CNC(=O)c2ccc(=O)[nH]c2)CCCCC1. The highest BCUT2D eigenvalue weighted by molar-refractivity contribution is 5.93. The van der Waals surface area contributed by atoms with Crippen molar-refractivity contribution >= 4 is 11.9 Å². The third-order valence-corrected chi connectivity index (χ3v) is 4.11. The fourth-order valence-electron chi connectivity index (χ4n) is 2.96. The maximum atomic E-state index is 12.0. The molecule has 0 aliphatic heterocycles. The summed E-state index contributed by atoms with van der Waals surface area (Å²) in [5.74, 6) is -1.11. The Hall–Kier alpha value is -2.11. The van der Waals surface area contributed by atoms with E-state index in [-0.39, 0.29) is 23.3 Å². The highest BCUT2D eigenvalue weighted by Crippen LogP contribution is 2.38. The number of pyridine rings is 1. The first kappa shape index (κ1) is 15.3. The van der Waals surface area contributed by atoms with Crippen LogP contribution >= 0.6 is 0 Å². The number of aliphatic carboxylic acids is 1. The van der Waals surface area contributed by atoms with Crippen LogP contribution < -0.4 is 10.9 Å². The molecule has 1 aromatic heterocycles. The molecule has 0 atom stereocenters. The molecule has 3 N–H and O–H groups in total. The number of hydrogen-bond acceptors (Lipinski definition) is 3. The molecule has 1 heterocycles. The molecule has 114 valence electrons. The van der Waals surface area contributed by atoms with E-state index in [1.54, 1.807) is 0 Å². The molecular formula is C15H20N2O4. The topological polar surface area (TPSA) is 99.3 Å². The van der Waals surface area contributed by atoms with Crippen molar-refractivity contribution in [2.45, 2.75) is 38.5 Å². The van der Waals surface area contributed by atoms with Crippen molar-refractivity contribution in [3.05, 3.63) is 34.2 Å². The highest BCUT2D eigenvalue weighted by Gasteiger charge is 2.34. The highest BCUT2D eigenvalue weighted by atomic mass is 16.4. The first-order chi connectivity index (χ1) is 10.0. The molecular weight excluding hydrogens is 272 g/mol. The van der Waals surface area contributed by atoms with E-state index in [1.807, 2.05) is 0 Å². The number of amides is 1. The van der Waals surface area contributed by atoms with Crippen LogP contribution in [0.1, 0.15) is 48.9 Å². The predicted molar refractivity (Wildman–Crippen MR) is 77.2 cm³/mol. The van der Waals surface area contributed by atoms with E-state index in [2.05, 4.69) is 10.3 Å². The molecule has 1 aliphatic carbocycles. The number of carbonyl (C=O) groups excluding carboxylic acids is 1. The molecule has 6 nitrogen and oxygen atoms in total. The van der Waals surface area contributed by atoms with Gasteiger partial charge in [0.2, 0.25) is 5.56 Å². The van der Waals surface area contributed by atoms with E-state index < -0.39 is 5.97 Å². The molecule has 0 bridgehead atoms. The van der Waals surface area contributed by atoms with E-state index in [9.17, 15) is 14.4 Å². The molecule has 0 unspecified atom stereocenters. The number of H-pyrrole nitrogens is 1. The van der Waals surface area contributed by atoms with Gasteiger partial charge in [-0.3, -0.25) is 14.4 Å². The number of carboxylic acids is 1. The molecule has 0 aromatic carbocycles. The minimum Gasteiger partial charge on any atom is -0.481 e. The number of aromatic amines is 1. The van der Waals surface area contributed by atoms with E-state index in [0.717, 1.165) is 32.1 Å². The van der Waals surface area contributed by atoms with Crippen molar-refractivity contribution in [1.29, 1.82) is 0 Å². The average Bonchev–Trinajstić information content (AvgIpc) is 2.46. The molecule has 6 heteroatoms. The molecule has 1 aliphatic rings. The van der Waals surface area contributed by atoms with Crippen molar-refractivity contribution in [2.24, 2.45) is 5.41 Å². The zero-order valence-corrected chi connectivity index (χ0v) is 11.9. The van der Waals surface area contributed by atoms with Crippen LogP contribution in [0, 0.1) is 5.41 Å². The van der Waals surface area contributed by atoms with Crippen LogP contribution in [-0.4, -0.2) is 28.5 Å². The summed E-state index contributed by atoms with van der Waals surface area (Å²) in [5.41, 5.74) is -0.237. The van der Waals surface area contributed by atoms with E-state index in [0.29, 0.717) is 12.1 Å². The Bertz CT molecular complexity index is 553. The number of carbonyl (C=O) groups is 2. The van der Waals surface area contributed by atoms with Gasteiger partial charge in [-0.2, -0.15) is 0 Å². The molecule has 0 spiro atoms. The molecule has 2 rings (SSSR count). The lowest BCUT2D eigenvalue weighted by Gasteiger charge is -2.36. The van der Waals surface area contributed by atoms with Crippen LogP contribution in [0.5, 0.6) is 0 Å². The zero-order chi connectivity index (χ0) is 15.3. The molecule has 0 saturated heterocycles. The third-order valence-electron chi connectivity index (χ3n) is 4.11. The Kier molecular flexibility index (Phi) is 4.77. The molecule has 1 fully saturated rings. The Morgan fingerprint density at radius 2 is 1.95 bits per heavy atom. The number of aromatic nitrogens is 1. The third kappa shape index (κ3) is 4.18. The van der Waals surface area contributed by atoms with Crippen molar-refractivity contribution in [3.63, 3.8) is 0 Å². The maximum absolute atomic E-state index is 12.0. The summed E-state index contributed by atoms with van der Waals surface area (Å²) in [6, 6.07) is 2.75. The van der Waals surface area contributed by atoms with E-state index in [1.165, 1.54) is 18.3 Å². The smallest absolute Gasteiger partial charge is 0.303 e. The summed E-state index contributed by atoms with van der Waals surface area (Å²) in [6.07, 6.45) is 6.22. The summed E-state index contributed by atoms with van der Waals surface area (Å²) in [5, 5.41) is 11.9. The van der Waals surface area contributed by atoms with Crippen LogP contribution in [0.3, 0.4) is 0 Å². The molecule has 1 aromatic rings. The van der Waals surface area contributed by atoms with E-state index in [4.69, 9.17) is 5.11 Å². The second-order valence-corrected chi connectivity index (χ2v) is 5.76. The van der Waals surface area contributed by atoms with Crippen LogP contribution in [0.25, 0.3) is 0 Å². The first-order valence-corrected chi connectivity index (χ1v) is 7.20. The maximum Gasteiger partial charge on any atom is 0.303 e. The summed E-state index contributed by atoms with van der Waals surface area (Å²) in [4.78, 5) is 36.5. The Morgan fingerprint density at radius 3 is 2.52 bits per heavy atom. The van der Waals surface area contributed by atoms with Gasteiger partial charge in [0.05, 0.1) is 12.0 Å². The largest absolute Gasteiger partial charge is 0.481 e.